The van der Waals surface area contributed by atoms with Gasteiger partial charge in [0.25, 0.3) is 0 Å². The van der Waals surface area contributed by atoms with Crippen molar-refractivity contribution in [2.24, 2.45) is 34.5 Å². The summed E-state index contributed by atoms with van der Waals surface area (Å²) < 4.78 is 41.0. The molecule has 0 spiro atoms. The molecule has 6 fully saturated rings. The van der Waals surface area contributed by atoms with Gasteiger partial charge in [0, 0.05) is 37.9 Å². The van der Waals surface area contributed by atoms with Crippen LogP contribution < -0.4 is 0 Å². The molecule has 3 heterocycles. The molecule has 15 nitrogen and oxygen atoms in total. The molecule has 7 aliphatic rings. The normalized spacial score (nSPS) is 52.5. The molecule has 0 bridgehead atoms. The van der Waals surface area contributed by atoms with Gasteiger partial charge in [0.2, 0.25) is 0 Å². The van der Waals surface area contributed by atoms with Gasteiger partial charge >= 0.3 is 11.9 Å². The topological polar surface area (TPSA) is 220 Å². The number of aliphatic hydroxyl groups is 6. The van der Waals surface area contributed by atoms with E-state index in [1.165, 1.54) is 20.1 Å². The number of aliphatic hydroxyl groups excluding tert-OH is 5. The summed E-state index contributed by atoms with van der Waals surface area (Å²) in [4.78, 5) is 24.4. The van der Waals surface area contributed by atoms with Crippen LogP contribution in [0.25, 0.3) is 0 Å². The van der Waals surface area contributed by atoms with Crippen LogP contribution in [0.15, 0.2) is 11.6 Å². The minimum absolute atomic E-state index is 0.00547. The summed E-state index contributed by atoms with van der Waals surface area (Å²) in [6, 6.07) is 0. The summed E-state index contributed by atoms with van der Waals surface area (Å²) in [5, 5.41) is 64.8. The zero-order chi connectivity index (χ0) is 38.2. The maximum Gasteiger partial charge on any atom is 0.331 e. The summed E-state index contributed by atoms with van der Waals surface area (Å²) in [5.41, 5.74) is -0.960. The highest BCUT2D eigenvalue weighted by Gasteiger charge is 2.71. The van der Waals surface area contributed by atoms with Crippen LogP contribution >= 0.6 is 0 Å². The van der Waals surface area contributed by atoms with Crippen LogP contribution in [0.5, 0.6) is 0 Å². The SMILES string of the molecule is COC1C(O)C(OC2CCC3(C)C(CCC4C3CCC3(C)C(C5=CC(=O)OC5)C(OC(C)=O)CC43O)C2)OC(C)C1OC1OC(CO)C(O)C(O)C1O. The summed E-state index contributed by atoms with van der Waals surface area (Å²) >= 11 is 0. The standard InChI is InChI=1S/C38H58O15/c1-17-32(53-34-30(44)29(43)28(42)25(15-39)52-34)33(47-5)31(45)35(49-17)51-21-8-10-36(3)20(13-21)6-7-23-22(36)9-11-37(4)27(19-12-26(41)48-16-19)24(50-18(2)40)14-38(23,37)46/h12,17,20-25,27-35,39,42-46H,6-11,13-16H2,1-5H3. The summed E-state index contributed by atoms with van der Waals surface area (Å²) in [5.74, 6) is -0.574. The summed E-state index contributed by atoms with van der Waals surface area (Å²) in [7, 11) is 1.42. The average Bonchev–Trinajstić information content (AvgIpc) is 3.63. The second kappa shape index (κ2) is 14.6. The zero-order valence-corrected chi connectivity index (χ0v) is 31.2. The highest BCUT2D eigenvalue weighted by Crippen LogP contribution is 2.70. The van der Waals surface area contributed by atoms with E-state index in [9.17, 15) is 40.2 Å². The molecule has 4 saturated carbocycles. The van der Waals surface area contributed by atoms with E-state index in [-0.39, 0.29) is 35.9 Å². The van der Waals surface area contributed by atoms with Gasteiger partial charge in [-0.3, -0.25) is 4.79 Å². The Morgan fingerprint density at radius 3 is 2.32 bits per heavy atom. The molecule has 2 saturated heterocycles. The summed E-state index contributed by atoms with van der Waals surface area (Å²) in [6.45, 7) is 7.09. The highest BCUT2D eigenvalue weighted by molar-refractivity contribution is 5.85. The first-order valence-corrected chi connectivity index (χ1v) is 19.3. The number of rotatable bonds is 8. The van der Waals surface area contributed by atoms with Gasteiger partial charge in [-0.1, -0.05) is 13.8 Å². The van der Waals surface area contributed by atoms with Crippen LogP contribution in [0.3, 0.4) is 0 Å². The van der Waals surface area contributed by atoms with Crippen molar-refractivity contribution in [1.29, 1.82) is 0 Å². The fourth-order valence-electron chi connectivity index (χ4n) is 11.9. The predicted molar refractivity (Wildman–Crippen MR) is 181 cm³/mol. The van der Waals surface area contributed by atoms with E-state index >= 15 is 0 Å². The Balaban J connectivity index is 1.02. The van der Waals surface area contributed by atoms with Crippen molar-refractivity contribution in [2.75, 3.05) is 20.3 Å². The van der Waals surface area contributed by atoms with Gasteiger partial charge in [0.1, 0.15) is 55.4 Å². The molecule has 6 N–H and O–H groups in total. The lowest BCUT2D eigenvalue weighted by atomic mass is 9.43. The molecule has 300 valence electrons. The van der Waals surface area contributed by atoms with E-state index in [4.69, 9.17) is 33.2 Å². The number of carbonyl (C=O) groups is 2. The minimum Gasteiger partial charge on any atom is -0.462 e. The quantitative estimate of drug-likeness (QED) is 0.147. The first-order valence-electron chi connectivity index (χ1n) is 19.3. The smallest absolute Gasteiger partial charge is 0.331 e. The fourth-order valence-corrected chi connectivity index (χ4v) is 11.9. The van der Waals surface area contributed by atoms with E-state index in [0.29, 0.717) is 12.3 Å². The number of methoxy groups -OCH3 is 1. The van der Waals surface area contributed by atoms with Gasteiger partial charge in [-0.25, -0.2) is 4.79 Å². The number of carbonyl (C=O) groups excluding carboxylic acids is 2. The third kappa shape index (κ3) is 6.49. The molecule has 0 aromatic heterocycles. The molecule has 4 aliphatic carbocycles. The van der Waals surface area contributed by atoms with Crippen LogP contribution in [-0.2, 0) is 42.7 Å². The fraction of sp³-hybridized carbons (Fsp3) is 0.895. The van der Waals surface area contributed by atoms with Gasteiger partial charge in [-0.2, -0.15) is 0 Å². The van der Waals surface area contributed by atoms with Crippen molar-refractivity contribution >= 4 is 11.9 Å². The van der Waals surface area contributed by atoms with E-state index in [2.05, 4.69) is 13.8 Å². The highest BCUT2D eigenvalue weighted by atomic mass is 16.7. The molecule has 19 unspecified atom stereocenters. The maximum absolute atomic E-state index is 12.8. The molecule has 0 radical (unpaired) electrons. The number of ether oxygens (including phenoxy) is 7. The lowest BCUT2D eigenvalue weighted by molar-refractivity contribution is -0.362. The van der Waals surface area contributed by atoms with Crippen molar-refractivity contribution in [3.05, 3.63) is 11.6 Å². The van der Waals surface area contributed by atoms with Gasteiger partial charge in [-0.15, -0.1) is 0 Å². The van der Waals surface area contributed by atoms with Crippen LogP contribution in [0.4, 0.5) is 0 Å². The number of hydrogen-bond acceptors (Lipinski definition) is 15. The van der Waals surface area contributed by atoms with E-state index in [1.54, 1.807) is 6.92 Å². The Kier molecular flexibility index (Phi) is 10.9. The molecule has 15 heteroatoms. The van der Waals surface area contributed by atoms with E-state index in [0.717, 1.165) is 50.5 Å². The number of fused-ring (bicyclic) bond motifs is 5. The van der Waals surface area contributed by atoms with Crippen molar-refractivity contribution in [2.45, 2.75) is 158 Å². The lowest BCUT2D eigenvalue weighted by Gasteiger charge is -2.63. The maximum atomic E-state index is 12.8. The molecule has 7 rings (SSSR count). The lowest BCUT2D eigenvalue weighted by Crippen LogP contribution is -2.64. The first kappa shape index (κ1) is 39.5. The van der Waals surface area contributed by atoms with Crippen molar-refractivity contribution in [3.63, 3.8) is 0 Å². The Labute approximate surface area is 309 Å². The first-order chi connectivity index (χ1) is 25.1. The molecule has 53 heavy (non-hydrogen) atoms. The van der Waals surface area contributed by atoms with Gasteiger partial charge < -0.3 is 63.8 Å². The van der Waals surface area contributed by atoms with Crippen LogP contribution in [-0.4, -0.2) is 142 Å². The van der Waals surface area contributed by atoms with Crippen LogP contribution in [0, 0.1) is 34.5 Å². The molecular weight excluding hydrogens is 696 g/mol. The summed E-state index contributed by atoms with van der Waals surface area (Å²) in [6.07, 6.45) is -5.51. The second-order valence-electron chi connectivity index (χ2n) is 17.3. The van der Waals surface area contributed by atoms with Gasteiger partial charge in [0.05, 0.1) is 24.4 Å². The van der Waals surface area contributed by atoms with Crippen molar-refractivity contribution in [1.82, 2.24) is 0 Å². The Morgan fingerprint density at radius 2 is 1.66 bits per heavy atom. The largest absolute Gasteiger partial charge is 0.462 e. The molecule has 3 aliphatic heterocycles. The predicted octanol–water partition coefficient (Wildman–Crippen LogP) is 0.476. The Bertz CT molecular complexity index is 1410. The van der Waals surface area contributed by atoms with Crippen LogP contribution in [0.2, 0.25) is 0 Å². The minimum atomic E-state index is -1.62. The van der Waals surface area contributed by atoms with Crippen LogP contribution in [0.1, 0.15) is 79.1 Å². The third-order valence-corrected chi connectivity index (χ3v) is 14.7. The molecule has 0 amide bonds. The van der Waals surface area contributed by atoms with Gasteiger partial charge in [-0.05, 0) is 80.6 Å². The third-order valence-electron chi connectivity index (χ3n) is 14.7. The number of esters is 2. The Hall–Kier alpha value is -1.76. The molecule has 0 aromatic carbocycles. The van der Waals surface area contributed by atoms with Gasteiger partial charge in [0.15, 0.2) is 12.6 Å². The number of cyclic esters (lactones) is 1. The van der Waals surface area contributed by atoms with E-state index in [1.807, 2.05) is 0 Å². The monoisotopic (exact) mass is 754 g/mol. The van der Waals surface area contributed by atoms with E-state index < -0.39 is 97.1 Å². The zero-order valence-electron chi connectivity index (χ0n) is 31.2. The Morgan fingerprint density at radius 1 is 0.925 bits per heavy atom. The van der Waals surface area contributed by atoms with Crippen molar-refractivity contribution < 1.29 is 73.4 Å². The molecule has 19 atom stereocenters. The number of hydrogen-bond donors (Lipinski definition) is 6. The molecule has 0 aromatic rings. The average molecular weight is 755 g/mol. The second-order valence-corrected chi connectivity index (χ2v) is 17.3. The molecular formula is C38H58O15. The van der Waals surface area contributed by atoms with Crippen molar-refractivity contribution in [3.8, 4) is 0 Å².